The summed E-state index contributed by atoms with van der Waals surface area (Å²) in [5.74, 6) is -1.11. The molecule has 2 N–H and O–H groups in total. The van der Waals surface area contributed by atoms with Gasteiger partial charge in [0.25, 0.3) is 0 Å². The van der Waals surface area contributed by atoms with E-state index in [1.54, 1.807) is 15.8 Å². The van der Waals surface area contributed by atoms with Gasteiger partial charge >= 0.3 is 12.0 Å². The van der Waals surface area contributed by atoms with E-state index in [0.29, 0.717) is 25.9 Å². The van der Waals surface area contributed by atoms with Crippen LogP contribution in [-0.2, 0) is 18.4 Å². The second kappa shape index (κ2) is 5.94. The third kappa shape index (κ3) is 3.09. The van der Waals surface area contributed by atoms with Crippen molar-refractivity contribution in [3.63, 3.8) is 0 Å². The maximum Gasteiger partial charge on any atom is 0.317 e. The SMILES string of the molecule is CC1CC(C(=O)O)CCN1C(=O)NCc1ccnn1C. The van der Waals surface area contributed by atoms with Crippen LogP contribution >= 0.6 is 0 Å². The van der Waals surface area contributed by atoms with Crippen molar-refractivity contribution in [3.8, 4) is 0 Å². The minimum absolute atomic E-state index is 0.0589. The molecule has 2 amide bonds. The van der Waals surface area contributed by atoms with Gasteiger partial charge in [0.2, 0.25) is 0 Å². The average Bonchev–Trinajstić information content (AvgIpc) is 2.81. The summed E-state index contributed by atoms with van der Waals surface area (Å²) in [5, 5.41) is 15.9. The fraction of sp³-hybridized carbons (Fsp3) is 0.615. The van der Waals surface area contributed by atoms with Gasteiger partial charge in [-0.2, -0.15) is 5.10 Å². The number of urea groups is 1. The van der Waals surface area contributed by atoms with Crippen LogP contribution in [0.5, 0.6) is 0 Å². The molecule has 1 aliphatic rings. The van der Waals surface area contributed by atoms with E-state index in [-0.39, 0.29) is 18.0 Å². The quantitative estimate of drug-likeness (QED) is 0.858. The Hall–Kier alpha value is -2.05. The van der Waals surface area contributed by atoms with Gasteiger partial charge < -0.3 is 15.3 Å². The lowest BCUT2D eigenvalue weighted by Gasteiger charge is -2.36. The predicted octanol–water partition coefficient (Wildman–Crippen LogP) is 0.815. The molecule has 0 saturated carbocycles. The van der Waals surface area contributed by atoms with Crippen LogP contribution in [0.2, 0.25) is 0 Å². The zero-order chi connectivity index (χ0) is 14.7. The Labute approximate surface area is 117 Å². The van der Waals surface area contributed by atoms with Crippen LogP contribution in [-0.4, -0.2) is 44.4 Å². The number of nitrogens with one attached hydrogen (secondary N) is 1. The minimum Gasteiger partial charge on any atom is -0.481 e. The smallest absolute Gasteiger partial charge is 0.317 e. The van der Waals surface area contributed by atoms with E-state index in [9.17, 15) is 9.59 Å². The lowest BCUT2D eigenvalue weighted by molar-refractivity contribution is -0.143. The average molecular weight is 280 g/mol. The van der Waals surface area contributed by atoms with E-state index in [1.165, 1.54) is 0 Å². The lowest BCUT2D eigenvalue weighted by Crippen LogP contribution is -2.50. The van der Waals surface area contributed by atoms with Gasteiger partial charge in [-0.3, -0.25) is 9.48 Å². The first-order chi connectivity index (χ1) is 9.49. The molecule has 2 unspecified atom stereocenters. The molecule has 110 valence electrons. The molecule has 7 nitrogen and oxygen atoms in total. The maximum atomic E-state index is 12.1. The third-order valence-electron chi connectivity index (χ3n) is 3.83. The number of likely N-dealkylation sites (tertiary alicyclic amines) is 1. The molecule has 2 heterocycles. The number of aromatic nitrogens is 2. The molecule has 0 spiro atoms. The normalized spacial score (nSPS) is 22.6. The number of hydrogen-bond acceptors (Lipinski definition) is 3. The topological polar surface area (TPSA) is 87.5 Å². The predicted molar refractivity (Wildman–Crippen MR) is 72.0 cm³/mol. The number of piperidine rings is 1. The molecule has 0 aromatic carbocycles. The van der Waals surface area contributed by atoms with Crippen molar-refractivity contribution in [1.29, 1.82) is 0 Å². The molecule has 1 fully saturated rings. The summed E-state index contributed by atoms with van der Waals surface area (Å²) >= 11 is 0. The van der Waals surface area contributed by atoms with Gasteiger partial charge in [-0.1, -0.05) is 0 Å². The van der Waals surface area contributed by atoms with Crippen LogP contribution < -0.4 is 5.32 Å². The summed E-state index contributed by atoms with van der Waals surface area (Å²) in [5.41, 5.74) is 0.923. The van der Waals surface area contributed by atoms with Crippen LogP contribution in [0.1, 0.15) is 25.5 Å². The standard InChI is InChI=1S/C13H20N4O3/c1-9-7-10(12(18)19)4-6-17(9)13(20)14-8-11-3-5-15-16(11)2/h3,5,9-10H,4,6-8H2,1-2H3,(H,14,20)(H,18,19). The number of amides is 2. The number of hydrogen-bond donors (Lipinski definition) is 2. The lowest BCUT2D eigenvalue weighted by atomic mass is 9.92. The third-order valence-corrected chi connectivity index (χ3v) is 3.83. The van der Waals surface area contributed by atoms with Crippen molar-refractivity contribution < 1.29 is 14.7 Å². The summed E-state index contributed by atoms with van der Waals surface area (Å²) in [6.45, 7) is 2.79. The number of carbonyl (C=O) groups excluding carboxylic acids is 1. The zero-order valence-corrected chi connectivity index (χ0v) is 11.7. The Morgan fingerprint density at radius 1 is 1.55 bits per heavy atom. The first-order valence-electron chi connectivity index (χ1n) is 6.73. The summed E-state index contributed by atoms with van der Waals surface area (Å²) in [6.07, 6.45) is 2.70. The van der Waals surface area contributed by atoms with Crippen molar-refractivity contribution in [3.05, 3.63) is 18.0 Å². The summed E-state index contributed by atoms with van der Waals surface area (Å²) < 4.78 is 1.71. The van der Waals surface area contributed by atoms with Gasteiger partial charge in [-0.25, -0.2) is 4.79 Å². The molecule has 0 aliphatic carbocycles. The molecule has 1 saturated heterocycles. The summed E-state index contributed by atoms with van der Waals surface area (Å²) in [6, 6.07) is 1.64. The van der Waals surface area contributed by atoms with Crippen molar-refractivity contribution in [2.24, 2.45) is 13.0 Å². The highest BCUT2D eigenvalue weighted by atomic mass is 16.4. The van der Waals surface area contributed by atoms with Crippen molar-refractivity contribution in [1.82, 2.24) is 20.0 Å². The van der Waals surface area contributed by atoms with Gasteiger partial charge in [-0.05, 0) is 25.8 Å². The number of carbonyl (C=O) groups is 2. The molecule has 0 bridgehead atoms. The highest BCUT2D eigenvalue weighted by Crippen LogP contribution is 2.22. The van der Waals surface area contributed by atoms with Crippen molar-refractivity contribution in [2.75, 3.05) is 6.54 Å². The monoisotopic (exact) mass is 280 g/mol. The molecule has 1 aromatic heterocycles. The number of nitrogens with zero attached hydrogens (tertiary/aromatic N) is 3. The first kappa shape index (κ1) is 14.4. The van der Waals surface area contributed by atoms with E-state index in [1.807, 2.05) is 20.0 Å². The minimum atomic E-state index is -0.771. The van der Waals surface area contributed by atoms with Gasteiger partial charge in [0, 0.05) is 25.8 Å². The van der Waals surface area contributed by atoms with Gasteiger partial charge in [0.1, 0.15) is 0 Å². The molecular formula is C13H20N4O3. The van der Waals surface area contributed by atoms with E-state index < -0.39 is 5.97 Å². The van der Waals surface area contributed by atoms with E-state index in [4.69, 9.17) is 5.11 Å². The van der Waals surface area contributed by atoms with Gasteiger partial charge in [0.15, 0.2) is 0 Å². The Bertz CT molecular complexity index is 500. The molecule has 1 aliphatic heterocycles. The van der Waals surface area contributed by atoms with Crippen molar-refractivity contribution >= 4 is 12.0 Å². The summed E-state index contributed by atoms with van der Waals surface area (Å²) in [7, 11) is 1.82. The highest BCUT2D eigenvalue weighted by molar-refractivity contribution is 5.75. The second-order valence-electron chi connectivity index (χ2n) is 5.21. The summed E-state index contributed by atoms with van der Waals surface area (Å²) in [4.78, 5) is 24.8. The molecule has 20 heavy (non-hydrogen) atoms. The maximum absolute atomic E-state index is 12.1. The van der Waals surface area contributed by atoms with Gasteiger partial charge in [-0.15, -0.1) is 0 Å². The van der Waals surface area contributed by atoms with E-state index >= 15 is 0 Å². The largest absolute Gasteiger partial charge is 0.481 e. The molecule has 0 radical (unpaired) electrons. The van der Waals surface area contributed by atoms with E-state index in [2.05, 4.69) is 10.4 Å². The van der Waals surface area contributed by atoms with Crippen LogP contribution in [0.25, 0.3) is 0 Å². The fourth-order valence-electron chi connectivity index (χ4n) is 2.54. The van der Waals surface area contributed by atoms with Crippen LogP contribution in [0.4, 0.5) is 4.79 Å². The van der Waals surface area contributed by atoms with E-state index in [0.717, 1.165) is 5.69 Å². The second-order valence-corrected chi connectivity index (χ2v) is 5.21. The number of aliphatic carboxylic acids is 1. The number of aryl methyl sites for hydroxylation is 1. The van der Waals surface area contributed by atoms with Gasteiger partial charge in [0.05, 0.1) is 18.2 Å². The van der Waals surface area contributed by atoms with Crippen LogP contribution in [0, 0.1) is 5.92 Å². The Kier molecular flexibility index (Phi) is 4.26. The van der Waals surface area contributed by atoms with Crippen LogP contribution in [0.15, 0.2) is 12.3 Å². The molecule has 1 aromatic rings. The van der Waals surface area contributed by atoms with Crippen molar-refractivity contribution in [2.45, 2.75) is 32.4 Å². The number of carboxylic acid groups (broad SMARTS) is 1. The Morgan fingerprint density at radius 3 is 2.85 bits per heavy atom. The zero-order valence-electron chi connectivity index (χ0n) is 11.7. The molecule has 2 rings (SSSR count). The molecule has 2 atom stereocenters. The molecular weight excluding hydrogens is 260 g/mol. The van der Waals surface area contributed by atoms with Crippen LogP contribution in [0.3, 0.4) is 0 Å². The number of carboxylic acids is 1. The number of rotatable bonds is 3. The first-order valence-corrected chi connectivity index (χ1v) is 6.73. The highest BCUT2D eigenvalue weighted by Gasteiger charge is 2.32. The Morgan fingerprint density at radius 2 is 2.30 bits per heavy atom. The molecule has 7 heteroatoms. The Balaban J connectivity index is 1.87. The fourth-order valence-corrected chi connectivity index (χ4v) is 2.54.